The second kappa shape index (κ2) is 7.74. The quantitative estimate of drug-likeness (QED) is 0.496. The maximum atomic E-state index is 11.9. The number of allylic oxidation sites excluding steroid dienone is 1. The van der Waals surface area contributed by atoms with Gasteiger partial charge in [-0.1, -0.05) is 23.4 Å². The number of amides is 1. The van der Waals surface area contributed by atoms with Gasteiger partial charge in [-0.3, -0.25) is 4.79 Å². The Labute approximate surface area is 138 Å². The van der Waals surface area contributed by atoms with Crippen molar-refractivity contribution < 1.29 is 4.79 Å². The first-order valence-electron chi connectivity index (χ1n) is 7.58. The number of nitrogens with zero attached hydrogens (tertiary/aromatic N) is 2. The lowest BCUT2D eigenvalue weighted by atomic mass is 9.97. The molecule has 6 heteroatoms. The van der Waals surface area contributed by atoms with Gasteiger partial charge in [0.15, 0.2) is 0 Å². The van der Waals surface area contributed by atoms with Crippen LogP contribution in [0.1, 0.15) is 32.1 Å². The maximum Gasteiger partial charge on any atom is 0.230 e. The minimum absolute atomic E-state index is 0.0738. The molecule has 22 heavy (non-hydrogen) atoms. The van der Waals surface area contributed by atoms with Gasteiger partial charge in [0.2, 0.25) is 5.91 Å². The van der Waals surface area contributed by atoms with E-state index < -0.39 is 0 Å². The summed E-state index contributed by atoms with van der Waals surface area (Å²) in [7, 11) is 0. The lowest BCUT2D eigenvalue weighted by Gasteiger charge is -2.12. The molecule has 1 aliphatic rings. The van der Waals surface area contributed by atoms with E-state index in [2.05, 4.69) is 21.4 Å². The first-order chi connectivity index (χ1) is 10.8. The Morgan fingerprint density at radius 2 is 2.32 bits per heavy atom. The van der Waals surface area contributed by atoms with Gasteiger partial charge in [-0.15, -0.1) is 11.3 Å². The van der Waals surface area contributed by atoms with Crippen LogP contribution >= 0.6 is 23.1 Å². The van der Waals surface area contributed by atoms with E-state index >= 15 is 0 Å². The highest BCUT2D eigenvalue weighted by molar-refractivity contribution is 8.00. The molecule has 0 saturated carbocycles. The Morgan fingerprint density at radius 3 is 3.18 bits per heavy atom. The normalized spacial score (nSPS) is 14.8. The van der Waals surface area contributed by atoms with Gasteiger partial charge in [0.1, 0.15) is 11.4 Å². The van der Waals surface area contributed by atoms with Gasteiger partial charge in [-0.2, -0.15) is 0 Å². The van der Waals surface area contributed by atoms with Crippen molar-refractivity contribution in [1.82, 2.24) is 15.3 Å². The molecule has 0 unspecified atom stereocenters. The van der Waals surface area contributed by atoms with Gasteiger partial charge in [0, 0.05) is 6.54 Å². The fourth-order valence-corrected chi connectivity index (χ4v) is 4.32. The summed E-state index contributed by atoms with van der Waals surface area (Å²) in [5.41, 5.74) is 2.45. The monoisotopic (exact) mass is 333 g/mol. The van der Waals surface area contributed by atoms with Gasteiger partial charge in [0.05, 0.1) is 16.0 Å². The molecular formula is C16H19N3OS2. The zero-order valence-corrected chi connectivity index (χ0v) is 14.0. The Balaban J connectivity index is 1.44. The van der Waals surface area contributed by atoms with Crippen LogP contribution in [0, 0.1) is 0 Å². The zero-order valence-electron chi connectivity index (χ0n) is 12.4. The van der Waals surface area contributed by atoms with Crippen LogP contribution in [0.2, 0.25) is 0 Å². The topological polar surface area (TPSA) is 54.9 Å². The number of carbonyl (C=O) groups is 1. The molecule has 0 bridgehead atoms. The number of thiophene rings is 1. The molecule has 4 nitrogen and oxygen atoms in total. The number of fused-ring (bicyclic) bond motifs is 1. The van der Waals surface area contributed by atoms with Crippen LogP contribution in [-0.4, -0.2) is 28.2 Å². The van der Waals surface area contributed by atoms with Gasteiger partial charge in [-0.05, 0) is 43.6 Å². The van der Waals surface area contributed by atoms with Crippen LogP contribution in [0.3, 0.4) is 0 Å². The Hall–Kier alpha value is -1.40. The Bertz CT molecular complexity index is 681. The Morgan fingerprint density at radius 1 is 1.36 bits per heavy atom. The number of rotatable bonds is 6. The van der Waals surface area contributed by atoms with E-state index in [1.165, 1.54) is 43.0 Å². The summed E-state index contributed by atoms with van der Waals surface area (Å²) in [4.78, 5) is 20.4. The first kappa shape index (κ1) is 15.5. The van der Waals surface area contributed by atoms with Crippen molar-refractivity contribution in [3.63, 3.8) is 0 Å². The number of hydrogen-bond donors (Lipinski definition) is 1. The first-order valence-corrected chi connectivity index (χ1v) is 9.45. The molecule has 2 aromatic heterocycles. The third-order valence-corrected chi connectivity index (χ3v) is 5.73. The van der Waals surface area contributed by atoms with Gasteiger partial charge in [0.25, 0.3) is 0 Å². The molecule has 1 aliphatic carbocycles. The van der Waals surface area contributed by atoms with Crippen molar-refractivity contribution in [2.75, 3.05) is 12.3 Å². The third-order valence-electron chi connectivity index (χ3n) is 3.70. The standard InChI is InChI=1S/C16H19N3OS2/c20-14(17-8-6-12-4-2-1-3-5-12)10-22-16-15-13(7-9-21-15)18-11-19-16/h4,7,9,11H,1-3,5-6,8,10H2,(H,17,20). The highest BCUT2D eigenvalue weighted by Gasteiger charge is 2.09. The van der Waals surface area contributed by atoms with E-state index in [0.717, 1.165) is 28.2 Å². The van der Waals surface area contributed by atoms with Crippen LogP contribution in [-0.2, 0) is 4.79 Å². The lowest BCUT2D eigenvalue weighted by Crippen LogP contribution is -2.26. The van der Waals surface area contributed by atoms with Crippen molar-refractivity contribution >= 4 is 39.2 Å². The van der Waals surface area contributed by atoms with Crippen molar-refractivity contribution in [2.24, 2.45) is 0 Å². The molecule has 0 atom stereocenters. The van der Waals surface area contributed by atoms with Crippen LogP contribution in [0.4, 0.5) is 0 Å². The fraction of sp³-hybridized carbons (Fsp3) is 0.438. The predicted molar refractivity (Wildman–Crippen MR) is 92.3 cm³/mol. The summed E-state index contributed by atoms with van der Waals surface area (Å²) in [6.45, 7) is 0.739. The second-order valence-corrected chi connectivity index (χ2v) is 7.19. The second-order valence-electron chi connectivity index (χ2n) is 5.31. The molecule has 2 aromatic rings. The lowest BCUT2D eigenvalue weighted by molar-refractivity contribution is -0.118. The van der Waals surface area contributed by atoms with E-state index in [0.29, 0.717) is 5.75 Å². The molecule has 0 spiro atoms. The highest BCUT2D eigenvalue weighted by Crippen LogP contribution is 2.28. The van der Waals surface area contributed by atoms with Gasteiger partial charge < -0.3 is 5.32 Å². The number of carbonyl (C=O) groups excluding carboxylic acids is 1. The highest BCUT2D eigenvalue weighted by atomic mass is 32.2. The van der Waals surface area contributed by atoms with E-state index in [9.17, 15) is 4.79 Å². The third kappa shape index (κ3) is 4.08. The number of nitrogens with one attached hydrogen (secondary N) is 1. The van der Waals surface area contributed by atoms with E-state index in [1.54, 1.807) is 17.7 Å². The summed E-state index contributed by atoms with van der Waals surface area (Å²) in [5.74, 6) is 0.480. The van der Waals surface area contributed by atoms with Gasteiger partial charge >= 0.3 is 0 Å². The molecule has 2 heterocycles. The van der Waals surface area contributed by atoms with Crippen molar-refractivity contribution in [3.05, 3.63) is 29.4 Å². The van der Waals surface area contributed by atoms with Crippen LogP contribution in [0.25, 0.3) is 10.2 Å². The molecule has 1 N–H and O–H groups in total. The van der Waals surface area contributed by atoms with Crippen LogP contribution in [0.15, 0.2) is 34.4 Å². The molecule has 1 amide bonds. The SMILES string of the molecule is O=C(CSc1ncnc2ccsc12)NCCC1=CCCCC1. The van der Waals surface area contributed by atoms with Crippen LogP contribution < -0.4 is 5.32 Å². The largest absolute Gasteiger partial charge is 0.355 e. The Kier molecular flexibility index (Phi) is 5.45. The smallest absolute Gasteiger partial charge is 0.230 e. The molecule has 0 saturated heterocycles. The molecule has 0 aromatic carbocycles. The average molecular weight is 333 g/mol. The van der Waals surface area contributed by atoms with Crippen molar-refractivity contribution in [2.45, 2.75) is 37.1 Å². The summed E-state index contributed by atoms with van der Waals surface area (Å²) in [5, 5.41) is 5.90. The summed E-state index contributed by atoms with van der Waals surface area (Å²) in [6.07, 6.45) is 9.87. The van der Waals surface area contributed by atoms with E-state index in [-0.39, 0.29) is 5.91 Å². The molecule has 116 valence electrons. The van der Waals surface area contributed by atoms with E-state index in [4.69, 9.17) is 0 Å². The number of thioether (sulfide) groups is 1. The molecular weight excluding hydrogens is 314 g/mol. The minimum Gasteiger partial charge on any atom is -0.355 e. The summed E-state index contributed by atoms with van der Waals surface area (Å²) in [6, 6.07) is 1.98. The van der Waals surface area contributed by atoms with Crippen molar-refractivity contribution in [3.8, 4) is 0 Å². The molecule has 0 radical (unpaired) electrons. The number of hydrogen-bond acceptors (Lipinski definition) is 5. The molecule has 0 aliphatic heterocycles. The average Bonchev–Trinajstić information content (AvgIpc) is 3.03. The maximum absolute atomic E-state index is 11.9. The molecule has 0 fully saturated rings. The van der Waals surface area contributed by atoms with Crippen molar-refractivity contribution in [1.29, 1.82) is 0 Å². The number of aromatic nitrogens is 2. The fourth-order valence-electron chi connectivity index (χ4n) is 2.55. The van der Waals surface area contributed by atoms with E-state index in [1.807, 2.05) is 11.4 Å². The van der Waals surface area contributed by atoms with Gasteiger partial charge in [-0.25, -0.2) is 9.97 Å². The molecule has 3 rings (SSSR count). The minimum atomic E-state index is 0.0738. The summed E-state index contributed by atoms with van der Waals surface area (Å²) >= 11 is 3.10. The zero-order chi connectivity index (χ0) is 15.2. The summed E-state index contributed by atoms with van der Waals surface area (Å²) < 4.78 is 1.06. The predicted octanol–water partition coefficient (Wildman–Crippen LogP) is 3.79. The van der Waals surface area contributed by atoms with Crippen LogP contribution in [0.5, 0.6) is 0 Å².